The second kappa shape index (κ2) is 4.35. The number of hydrogen-bond acceptors (Lipinski definition) is 2. The van der Waals surface area contributed by atoms with Crippen molar-refractivity contribution in [1.82, 2.24) is 0 Å². The molecule has 0 atom stereocenters. The smallest absolute Gasteiger partial charge is 0.228 e. The zero-order chi connectivity index (χ0) is 11.5. The lowest BCUT2D eigenvalue weighted by Crippen LogP contribution is -2.10. The van der Waals surface area contributed by atoms with Crippen molar-refractivity contribution in [3.8, 4) is 0 Å². The summed E-state index contributed by atoms with van der Waals surface area (Å²) in [6.45, 7) is 1.96. The summed E-state index contributed by atoms with van der Waals surface area (Å²) in [4.78, 5) is 22.5. The molecule has 2 N–H and O–H groups in total. The average Bonchev–Trinajstić information content (AvgIpc) is 2.57. The molecule has 1 aliphatic heterocycles. The molecule has 0 saturated carbocycles. The lowest BCUT2D eigenvalue weighted by Gasteiger charge is -2.06. The van der Waals surface area contributed by atoms with Crippen molar-refractivity contribution in [2.24, 2.45) is 0 Å². The summed E-state index contributed by atoms with van der Waals surface area (Å²) in [5.74, 6) is 0.0202. The van der Waals surface area contributed by atoms with Crippen molar-refractivity contribution in [3.05, 3.63) is 23.8 Å². The molecule has 0 aromatic heterocycles. The summed E-state index contributed by atoms with van der Waals surface area (Å²) in [7, 11) is 0. The Bertz CT molecular complexity index is 441. The average molecular weight is 218 g/mol. The summed E-state index contributed by atoms with van der Waals surface area (Å²) >= 11 is 0. The third-order valence-electron chi connectivity index (χ3n) is 2.49. The first-order chi connectivity index (χ1) is 7.69. The monoisotopic (exact) mass is 218 g/mol. The van der Waals surface area contributed by atoms with Crippen LogP contribution in [0.1, 0.15) is 25.3 Å². The fraction of sp³-hybridized carbons (Fsp3) is 0.333. The molecule has 4 nitrogen and oxygen atoms in total. The van der Waals surface area contributed by atoms with Crippen LogP contribution in [0.4, 0.5) is 11.4 Å². The second-order valence-corrected chi connectivity index (χ2v) is 3.90. The summed E-state index contributed by atoms with van der Waals surface area (Å²) in [6, 6.07) is 5.47. The van der Waals surface area contributed by atoms with Crippen molar-refractivity contribution < 1.29 is 9.59 Å². The maximum atomic E-state index is 11.4. The van der Waals surface area contributed by atoms with E-state index >= 15 is 0 Å². The van der Waals surface area contributed by atoms with Gasteiger partial charge in [-0.1, -0.05) is 6.92 Å². The van der Waals surface area contributed by atoms with E-state index in [2.05, 4.69) is 10.6 Å². The molecule has 84 valence electrons. The molecule has 16 heavy (non-hydrogen) atoms. The third-order valence-corrected chi connectivity index (χ3v) is 2.49. The van der Waals surface area contributed by atoms with Crippen LogP contribution in [0.25, 0.3) is 0 Å². The number of carbonyl (C=O) groups is 2. The van der Waals surface area contributed by atoms with Gasteiger partial charge in [0.25, 0.3) is 0 Å². The van der Waals surface area contributed by atoms with Gasteiger partial charge in [-0.25, -0.2) is 0 Å². The standard InChI is InChI=1S/C12H14N2O2/c1-2-3-11(15)13-9-4-5-10-8(6-9)7-12(16)14-10/h4-6H,2-3,7H2,1H3,(H,13,15)(H,14,16). The number of anilines is 2. The molecular weight excluding hydrogens is 204 g/mol. The van der Waals surface area contributed by atoms with Crippen LogP contribution < -0.4 is 10.6 Å². The highest BCUT2D eigenvalue weighted by molar-refractivity contribution is 6.00. The maximum Gasteiger partial charge on any atom is 0.228 e. The quantitative estimate of drug-likeness (QED) is 0.814. The van der Waals surface area contributed by atoms with E-state index in [1.54, 1.807) is 6.07 Å². The Morgan fingerprint density at radius 2 is 2.31 bits per heavy atom. The molecule has 0 spiro atoms. The highest BCUT2D eigenvalue weighted by Crippen LogP contribution is 2.25. The van der Waals surface area contributed by atoms with Gasteiger partial charge in [-0.05, 0) is 30.2 Å². The summed E-state index contributed by atoms with van der Waals surface area (Å²) in [5.41, 5.74) is 2.55. The second-order valence-electron chi connectivity index (χ2n) is 3.90. The van der Waals surface area contributed by atoms with Gasteiger partial charge in [0.15, 0.2) is 0 Å². The fourth-order valence-corrected chi connectivity index (χ4v) is 1.76. The Balaban J connectivity index is 2.10. The van der Waals surface area contributed by atoms with E-state index in [4.69, 9.17) is 0 Å². The Morgan fingerprint density at radius 3 is 3.06 bits per heavy atom. The van der Waals surface area contributed by atoms with Crippen molar-refractivity contribution in [2.75, 3.05) is 10.6 Å². The van der Waals surface area contributed by atoms with Crippen molar-refractivity contribution in [3.63, 3.8) is 0 Å². The Morgan fingerprint density at radius 1 is 1.50 bits per heavy atom. The zero-order valence-electron chi connectivity index (χ0n) is 9.17. The number of amides is 2. The van der Waals surface area contributed by atoms with E-state index in [0.29, 0.717) is 12.8 Å². The number of nitrogens with one attached hydrogen (secondary N) is 2. The topological polar surface area (TPSA) is 58.2 Å². The molecule has 0 bridgehead atoms. The van der Waals surface area contributed by atoms with Gasteiger partial charge in [0.05, 0.1) is 6.42 Å². The molecule has 0 fully saturated rings. The Hall–Kier alpha value is -1.84. The summed E-state index contributed by atoms with van der Waals surface area (Å²) in [6.07, 6.45) is 1.75. The largest absolute Gasteiger partial charge is 0.326 e. The minimum Gasteiger partial charge on any atom is -0.326 e. The maximum absolute atomic E-state index is 11.4. The molecule has 1 heterocycles. The first kappa shape index (κ1) is 10.7. The minimum atomic E-state index is 0.00651. The fourth-order valence-electron chi connectivity index (χ4n) is 1.76. The van der Waals surface area contributed by atoms with E-state index in [0.717, 1.165) is 23.4 Å². The van der Waals surface area contributed by atoms with Crippen LogP contribution in [0.5, 0.6) is 0 Å². The van der Waals surface area contributed by atoms with Gasteiger partial charge in [0.2, 0.25) is 11.8 Å². The van der Waals surface area contributed by atoms with E-state index in [1.807, 2.05) is 19.1 Å². The highest BCUT2D eigenvalue weighted by atomic mass is 16.2. The van der Waals surface area contributed by atoms with E-state index < -0.39 is 0 Å². The van der Waals surface area contributed by atoms with Gasteiger partial charge in [0, 0.05) is 17.8 Å². The number of fused-ring (bicyclic) bond motifs is 1. The lowest BCUT2D eigenvalue weighted by molar-refractivity contribution is -0.116. The van der Waals surface area contributed by atoms with Gasteiger partial charge in [-0.2, -0.15) is 0 Å². The first-order valence-corrected chi connectivity index (χ1v) is 5.41. The van der Waals surface area contributed by atoms with Crippen LogP contribution in [-0.4, -0.2) is 11.8 Å². The molecule has 0 aliphatic carbocycles. The van der Waals surface area contributed by atoms with Crippen molar-refractivity contribution >= 4 is 23.2 Å². The van der Waals surface area contributed by atoms with Crippen LogP contribution in [-0.2, 0) is 16.0 Å². The molecule has 1 aromatic rings. The molecule has 0 unspecified atom stereocenters. The SMILES string of the molecule is CCCC(=O)Nc1ccc2c(c1)CC(=O)N2. The van der Waals surface area contributed by atoms with Gasteiger partial charge < -0.3 is 10.6 Å². The van der Waals surface area contributed by atoms with E-state index in [9.17, 15) is 9.59 Å². The number of hydrogen-bond donors (Lipinski definition) is 2. The third kappa shape index (κ3) is 2.21. The molecule has 1 aromatic carbocycles. The number of carbonyl (C=O) groups excluding carboxylic acids is 2. The predicted octanol–water partition coefficient (Wildman–Crippen LogP) is 1.92. The van der Waals surface area contributed by atoms with Gasteiger partial charge in [0.1, 0.15) is 0 Å². The highest BCUT2D eigenvalue weighted by Gasteiger charge is 2.17. The van der Waals surface area contributed by atoms with Gasteiger partial charge in [-0.3, -0.25) is 9.59 Å². The molecular formula is C12H14N2O2. The number of rotatable bonds is 3. The van der Waals surface area contributed by atoms with Crippen LogP contribution in [0, 0.1) is 0 Å². The molecule has 4 heteroatoms. The molecule has 0 saturated heterocycles. The van der Waals surface area contributed by atoms with Gasteiger partial charge in [-0.15, -0.1) is 0 Å². The van der Waals surface area contributed by atoms with Crippen molar-refractivity contribution in [1.29, 1.82) is 0 Å². The lowest BCUT2D eigenvalue weighted by atomic mass is 10.1. The van der Waals surface area contributed by atoms with E-state index in [-0.39, 0.29) is 11.8 Å². The molecule has 2 amide bonds. The van der Waals surface area contributed by atoms with Crippen LogP contribution in [0.15, 0.2) is 18.2 Å². The Kier molecular flexibility index (Phi) is 2.90. The van der Waals surface area contributed by atoms with E-state index in [1.165, 1.54) is 0 Å². The van der Waals surface area contributed by atoms with Crippen molar-refractivity contribution in [2.45, 2.75) is 26.2 Å². The number of benzene rings is 1. The Labute approximate surface area is 94.0 Å². The first-order valence-electron chi connectivity index (χ1n) is 5.41. The zero-order valence-corrected chi connectivity index (χ0v) is 9.17. The predicted molar refractivity (Wildman–Crippen MR) is 62.3 cm³/mol. The van der Waals surface area contributed by atoms with Crippen LogP contribution >= 0.6 is 0 Å². The molecule has 1 aliphatic rings. The van der Waals surface area contributed by atoms with Gasteiger partial charge >= 0.3 is 0 Å². The summed E-state index contributed by atoms with van der Waals surface area (Å²) < 4.78 is 0. The minimum absolute atomic E-state index is 0.00651. The van der Waals surface area contributed by atoms with Crippen LogP contribution in [0.3, 0.4) is 0 Å². The molecule has 2 rings (SSSR count). The van der Waals surface area contributed by atoms with Crippen LogP contribution in [0.2, 0.25) is 0 Å². The molecule has 0 radical (unpaired) electrons. The summed E-state index contributed by atoms with van der Waals surface area (Å²) in [5, 5.41) is 5.56. The normalized spacial score (nSPS) is 13.2.